The maximum Gasteiger partial charge on any atom is 0.265 e. The van der Waals surface area contributed by atoms with Gasteiger partial charge in [-0.05, 0) is 61.9 Å². The number of amides is 1. The molecule has 0 radical (unpaired) electrons. The van der Waals surface area contributed by atoms with Crippen LogP contribution in [0.1, 0.15) is 32.3 Å². The fourth-order valence-electron chi connectivity index (χ4n) is 3.16. The Kier molecular flexibility index (Phi) is 4.15. The van der Waals surface area contributed by atoms with Crippen LogP contribution in [0.25, 0.3) is 0 Å². The number of anilines is 1. The van der Waals surface area contributed by atoms with Crippen molar-refractivity contribution in [2.24, 2.45) is 11.8 Å². The van der Waals surface area contributed by atoms with Gasteiger partial charge in [-0.2, -0.15) is 0 Å². The van der Waals surface area contributed by atoms with Gasteiger partial charge in [-0.15, -0.1) is 0 Å². The van der Waals surface area contributed by atoms with Crippen LogP contribution in [0.15, 0.2) is 18.2 Å². The highest BCUT2D eigenvalue weighted by Gasteiger charge is 2.30. The molecule has 1 aromatic rings. The molecular formula is C17H24N2O2. The highest BCUT2D eigenvalue weighted by Crippen LogP contribution is 2.33. The minimum Gasteiger partial charge on any atom is -0.478 e. The molecule has 2 aliphatic heterocycles. The molecule has 0 spiro atoms. The Morgan fingerprint density at radius 2 is 2.05 bits per heavy atom. The topological polar surface area (TPSA) is 50.4 Å². The smallest absolute Gasteiger partial charge is 0.265 e. The van der Waals surface area contributed by atoms with Crippen LogP contribution in [-0.2, 0) is 11.2 Å². The predicted molar refractivity (Wildman–Crippen MR) is 83.6 cm³/mol. The zero-order chi connectivity index (χ0) is 14.8. The van der Waals surface area contributed by atoms with Crippen molar-refractivity contribution in [1.82, 2.24) is 5.32 Å². The number of fused-ring (bicyclic) bond motifs is 1. The van der Waals surface area contributed by atoms with Gasteiger partial charge in [-0.3, -0.25) is 4.79 Å². The summed E-state index contributed by atoms with van der Waals surface area (Å²) in [7, 11) is 0. The van der Waals surface area contributed by atoms with Gasteiger partial charge < -0.3 is 15.4 Å². The zero-order valence-electron chi connectivity index (χ0n) is 12.8. The minimum atomic E-state index is -0.382. The van der Waals surface area contributed by atoms with Gasteiger partial charge >= 0.3 is 0 Å². The molecule has 2 aliphatic rings. The van der Waals surface area contributed by atoms with Crippen LogP contribution in [0, 0.1) is 11.8 Å². The first-order valence-electron chi connectivity index (χ1n) is 7.94. The van der Waals surface area contributed by atoms with Gasteiger partial charge in [0.15, 0.2) is 6.10 Å². The molecule has 3 rings (SSSR count). The van der Waals surface area contributed by atoms with E-state index in [9.17, 15) is 4.79 Å². The van der Waals surface area contributed by atoms with Crippen LogP contribution in [0.2, 0.25) is 0 Å². The predicted octanol–water partition coefficient (Wildman–Crippen LogP) is 2.58. The Hall–Kier alpha value is -1.55. The second-order valence-electron chi connectivity index (χ2n) is 6.50. The molecule has 4 nitrogen and oxygen atoms in total. The summed E-state index contributed by atoms with van der Waals surface area (Å²) in [6.07, 6.45) is 3.16. The van der Waals surface area contributed by atoms with Crippen molar-refractivity contribution < 1.29 is 9.53 Å². The number of hydrogen-bond acceptors (Lipinski definition) is 3. The van der Waals surface area contributed by atoms with Crippen molar-refractivity contribution in [3.8, 4) is 5.75 Å². The number of rotatable bonds is 3. The number of ether oxygens (including phenoxy) is 1. The van der Waals surface area contributed by atoms with E-state index >= 15 is 0 Å². The van der Waals surface area contributed by atoms with Crippen LogP contribution in [0.3, 0.4) is 0 Å². The molecular weight excluding hydrogens is 264 g/mol. The first-order chi connectivity index (χ1) is 10.1. The lowest BCUT2D eigenvalue weighted by Crippen LogP contribution is -2.40. The van der Waals surface area contributed by atoms with Crippen LogP contribution in [-0.4, -0.2) is 25.1 Å². The van der Waals surface area contributed by atoms with E-state index in [-0.39, 0.29) is 17.9 Å². The van der Waals surface area contributed by atoms with E-state index < -0.39 is 0 Å². The van der Waals surface area contributed by atoms with Crippen molar-refractivity contribution in [2.75, 3.05) is 18.4 Å². The maximum atomic E-state index is 12.1. The summed E-state index contributed by atoms with van der Waals surface area (Å²) < 4.78 is 5.83. The lowest BCUT2D eigenvalue weighted by Gasteiger charge is -2.29. The van der Waals surface area contributed by atoms with Gasteiger partial charge in [0, 0.05) is 0 Å². The second-order valence-corrected chi connectivity index (χ2v) is 6.50. The summed E-state index contributed by atoms with van der Waals surface area (Å²) >= 11 is 0. The summed E-state index contributed by atoms with van der Waals surface area (Å²) in [5.41, 5.74) is 2.11. The fraction of sp³-hybridized carbons (Fsp3) is 0.588. The normalized spacial score (nSPS) is 22.6. The highest BCUT2D eigenvalue weighted by atomic mass is 16.5. The number of benzene rings is 1. The number of carbonyl (C=O) groups is 1. The monoisotopic (exact) mass is 288 g/mol. The molecule has 1 aromatic carbocycles. The van der Waals surface area contributed by atoms with Gasteiger partial charge in [0.05, 0.1) is 5.69 Å². The Morgan fingerprint density at radius 1 is 1.29 bits per heavy atom. The number of hydrogen-bond donors (Lipinski definition) is 2. The van der Waals surface area contributed by atoms with E-state index in [4.69, 9.17) is 4.74 Å². The van der Waals surface area contributed by atoms with Crippen molar-refractivity contribution in [2.45, 2.75) is 39.2 Å². The molecule has 114 valence electrons. The summed E-state index contributed by atoms with van der Waals surface area (Å²) in [5.74, 6) is 1.68. The average Bonchev–Trinajstić information content (AvgIpc) is 2.47. The third-order valence-corrected chi connectivity index (χ3v) is 4.40. The summed E-state index contributed by atoms with van der Waals surface area (Å²) in [6, 6.07) is 6.21. The summed E-state index contributed by atoms with van der Waals surface area (Å²) in [4.78, 5) is 12.1. The standard InChI is InChI=1S/C17H24N2O2/c1-11(2)16-17(20)19-14-10-13(3-4-15(14)21-16)9-12-5-7-18-8-6-12/h3-4,10-12,16,18H,5-9H2,1-2H3,(H,19,20). The van der Waals surface area contributed by atoms with Gasteiger partial charge in [-0.1, -0.05) is 19.9 Å². The summed E-state index contributed by atoms with van der Waals surface area (Å²) in [5, 5.41) is 6.39. The number of piperidine rings is 1. The first-order valence-corrected chi connectivity index (χ1v) is 7.94. The largest absolute Gasteiger partial charge is 0.478 e. The summed E-state index contributed by atoms with van der Waals surface area (Å²) in [6.45, 7) is 6.23. The minimum absolute atomic E-state index is 0.0310. The Morgan fingerprint density at radius 3 is 2.76 bits per heavy atom. The van der Waals surface area contributed by atoms with Crippen LogP contribution < -0.4 is 15.4 Å². The molecule has 2 N–H and O–H groups in total. The highest BCUT2D eigenvalue weighted by molar-refractivity contribution is 5.98. The van der Waals surface area contributed by atoms with Crippen LogP contribution in [0.4, 0.5) is 5.69 Å². The molecule has 2 heterocycles. The molecule has 1 saturated heterocycles. The van der Waals surface area contributed by atoms with Crippen molar-refractivity contribution in [1.29, 1.82) is 0 Å². The first kappa shape index (κ1) is 14.4. The Labute approximate surface area is 126 Å². The van der Waals surface area contributed by atoms with Gasteiger partial charge in [0.25, 0.3) is 5.91 Å². The van der Waals surface area contributed by atoms with E-state index in [0.717, 1.165) is 36.9 Å². The fourth-order valence-corrected chi connectivity index (χ4v) is 3.16. The van der Waals surface area contributed by atoms with E-state index in [1.165, 1.54) is 18.4 Å². The lowest BCUT2D eigenvalue weighted by atomic mass is 9.90. The lowest BCUT2D eigenvalue weighted by molar-refractivity contribution is -0.125. The Balaban J connectivity index is 1.73. The zero-order valence-corrected chi connectivity index (χ0v) is 12.8. The molecule has 4 heteroatoms. The molecule has 1 unspecified atom stereocenters. The number of carbonyl (C=O) groups excluding carboxylic acids is 1. The molecule has 0 bridgehead atoms. The van der Waals surface area contributed by atoms with Gasteiger partial charge in [0.1, 0.15) is 5.75 Å². The maximum absolute atomic E-state index is 12.1. The van der Waals surface area contributed by atoms with E-state index in [1.807, 2.05) is 19.9 Å². The van der Waals surface area contributed by atoms with E-state index in [1.54, 1.807) is 0 Å². The molecule has 0 aliphatic carbocycles. The molecule has 1 fully saturated rings. The molecule has 1 amide bonds. The molecule has 21 heavy (non-hydrogen) atoms. The van der Waals surface area contributed by atoms with Crippen molar-refractivity contribution in [3.63, 3.8) is 0 Å². The average molecular weight is 288 g/mol. The van der Waals surface area contributed by atoms with Crippen molar-refractivity contribution >= 4 is 11.6 Å². The SMILES string of the molecule is CC(C)C1Oc2ccc(CC3CCNCC3)cc2NC1=O. The van der Waals surface area contributed by atoms with Crippen LogP contribution in [0.5, 0.6) is 5.75 Å². The Bertz CT molecular complexity index is 522. The quantitative estimate of drug-likeness (QED) is 0.899. The van der Waals surface area contributed by atoms with Gasteiger partial charge in [-0.25, -0.2) is 0 Å². The number of nitrogens with one attached hydrogen (secondary N) is 2. The molecule has 1 atom stereocenters. The second kappa shape index (κ2) is 6.06. The molecule has 0 saturated carbocycles. The molecule has 0 aromatic heterocycles. The third kappa shape index (κ3) is 3.21. The van der Waals surface area contributed by atoms with Gasteiger partial charge in [0.2, 0.25) is 0 Å². The van der Waals surface area contributed by atoms with E-state index in [0.29, 0.717) is 0 Å². The van der Waals surface area contributed by atoms with Crippen LogP contribution >= 0.6 is 0 Å². The third-order valence-electron chi connectivity index (χ3n) is 4.40. The van der Waals surface area contributed by atoms with E-state index in [2.05, 4.69) is 22.8 Å². The van der Waals surface area contributed by atoms with Crippen molar-refractivity contribution in [3.05, 3.63) is 23.8 Å².